The molecule has 1 heterocycles. The molecule has 1 amide bonds. The van der Waals surface area contributed by atoms with Crippen LogP contribution in [-0.4, -0.2) is 22.6 Å². The molecule has 0 aliphatic rings. The molecule has 0 aliphatic heterocycles. The van der Waals surface area contributed by atoms with Gasteiger partial charge in [0.15, 0.2) is 0 Å². The van der Waals surface area contributed by atoms with Crippen molar-refractivity contribution in [2.24, 2.45) is 0 Å². The lowest BCUT2D eigenvalue weighted by molar-refractivity contribution is 0.244. The van der Waals surface area contributed by atoms with Crippen LogP contribution in [0.5, 0.6) is 0 Å². The summed E-state index contributed by atoms with van der Waals surface area (Å²) in [6.07, 6.45) is 3.21. The highest BCUT2D eigenvalue weighted by atomic mass is 16.2. The maximum atomic E-state index is 10.9. The van der Waals surface area contributed by atoms with E-state index in [2.05, 4.69) is 10.3 Å². The van der Waals surface area contributed by atoms with Gasteiger partial charge in [0.05, 0.1) is 0 Å². The van der Waals surface area contributed by atoms with Crippen molar-refractivity contribution in [3.8, 4) is 0 Å². The lowest BCUT2D eigenvalue weighted by Crippen LogP contribution is -2.24. The van der Waals surface area contributed by atoms with E-state index < -0.39 is 0 Å². The Bertz CT molecular complexity index is 241. The van der Waals surface area contributed by atoms with Crippen LogP contribution < -0.4 is 5.32 Å². The Balaban J connectivity index is 2.93. The van der Waals surface area contributed by atoms with E-state index in [4.69, 9.17) is 0 Å². The molecule has 0 unspecified atom stereocenters. The molecule has 1 aromatic rings. The maximum absolute atomic E-state index is 10.9. The summed E-state index contributed by atoms with van der Waals surface area (Å²) in [6, 6.07) is -0.157. The summed E-state index contributed by atoms with van der Waals surface area (Å²) in [6.45, 7) is 1.77. The van der Waals surface area contributed by atoms with Gasteiger partial charge in [0.25, 0.3) is 0 Å². The standard InChI is InChI=1S/C6H9N3O/c1-5-8-3-4-9(5)6(10)7-2/h3-4H,1-2H3,(H,7,10). The molecule has 0 saturated heterocycles. The van der Waals surface area contributed by atoms with Gasteiger partial charge in [0.1, 0.15) is 5.82 Å². The first-order valence-corrected chi connectivity index (χ1v) is 2.97. The lowest BCUT2D eigenvalue weighted by atomic mass is 10.7. The van der Waals surface area contributed by atoms with Crippen molar-refractivity contribution in [1.82, 2.24) is 14.9 Å². The van der Waals surface area contributed by atoms with E-state index in [1.807, 2.05) is 0 Å². The molecular formula is C6H9N3O. The van der Waals surface area contributed by atoms with Crippen molar-refractivity contribution in [3.05, 3.63) is 18.2 Å². The number of carbonyl (C=O) groups is 1. The topological polar surface area (TPSA) is 46.9 Å². The van der Waals surface area contributed by atoms with E-state index in [-0.39, 0.29) is 6.03 Å². The van der Waals surface area contributed by atoms with E-state index in [0.717, 1.165) is 0 Å². The molecule has 10 heavy (non-hydrogen) atoms. The number of aryl methyl sites for hydroxylation is 1. The summed E-state index contributed by atoms with van der Waals surface area (Å²) in [5.41, 5.74) is 0. The van der Waals surface area contributed by atoms with Gasteiger partial charge in [0, 0.05) is 19.4 Å². The Labute approximate surface area is 58.9 Å². The molecular weight excluding hydrogens is 130 g/mol. The zero-order chi connectivity index (χ0) is 7.56. The minimum Gasteiger partial charge on any atom is -0.340 e. The third kappa shape index (κ3) is 1.00. The van der Waals surface area contributed by atoms with Crippen molar-refractivity contribution >= 4 is 6.03 Å². The molecule has 1 aromatic heterocycles. The number of carbonyl (C=O) groups excluding carboxylic acids is 1. The Morgan fingerprint density at radius 2 is 2.50 bits per heavy atom. The van der Waals surface area contributed by atoms with Crippen LogP contribution >= 0.6 is 0 Å². The quantitative estimate of drug-likeness (QED) is 0.564. The summed E-state index contributed by atoms with van der Waals surface area (Å²) in [5.74, 6) is 0.694. The molecule has 54 valence electrons. The molecule has 0 fully saturated rings. The number of rotatable bonds is 0. The van der Waals surface area contributed by atoms with Gasteiger partial charge in [-0.3, -0.25) is 4.57 Å². The average molecular weight is 139 g/mol. The molecule has 1 rings (SSSR count). The van der Waals surface area contributed by atoms with E-state index >= 15 is 0 Å². The van der Waals surface area contributed by atoms with Crippen LogP contribution in [0.25, 0.3) is 0 Å². The van der Waals surface area contributed by atoms with Crippen molar-refractivity contribution in [1.29, 1.82) is 0 Å². The van der Waals surface area contributed by atoms with Crippen molar-refractivity contribution < 1.29 is 4.79 Å². The van der Waals surface area contributed by atoms with E-state index in [9.17, 15) is 4.79 Å². The number of nitrogens with one attached hydrogen (secondary N) is 1. The fourth-order valence-corrected chi connectivity index (χ4v) is 0.713. The van der Waals surface area contributed by atoms with E-state index in [0.29, 0.717) is 5.82 Å². The predicted octanol–water partition coefficient (Wildman–Crippen LogP) is 0.379. The van der Waals surface area contributed by atoms with Crippen LogP contribution in [0.15, 0.2) is 12.4 Å². The molecule has 0 aliphatic carbocycles. The molecule has 1 N–H and O–H groups in total. The first-order chi connectivity index (χ1) is 4.75. The number of amides is 1. The summed E-state index contributed by atoms with van der Waals surface area (Å²) in [5, 5.41) is 2.49. The van der Waals surface area contributed by atoms with Gasteiger partial charge in [-0.2, -0.15) is 0 Å². The van der Waals surface area contributed by atoms with Crippen LogP contribution in [0.4, 0.5) is 4.79 Å². The van der Waals surface area contributed by atoms with Gasteiger partial charge in [0.2, 0.25) is 0 Å². The SMILES string of the molecule is CNC(=O)n1ccnc1C. The van der Waals surface area contributed by atoms with Crippen LogP contribution in [0, 0.1) is 6.92 Å². The molecule has 4 nitrogen and oxygen atoms in total. The van der Waals surface area contributed by atoms with Crippen LogP contribution in [0.3, 0.4) is 0 Å². The zero-order valence-corrected chi connectivity index (χ0v) is 5.96. The molecule has 4 heteroatoms. The normalized spacial score (nSPS) is 9.40. The maximum Gasteiger partial charge on any atom is 0.326 e. The van der Waals surface area contributed by atoms with Gasteiger partial charge in [-0.05, 0) is 6.92 Å². The fraction of sp³-hybridized carbons (Fsp3) is 0.333. The molecule has 0 spiro atoms. The number of aromatic nitrogens is 2. The minimum absolute atomic E-state index is 0.157. The monoisotopic (exact) mass is 139 g/mol. The van der Waals surface area contributed by atoms with Gasteiger partial charge in [-0.25, -0.2) is 9.78 Å². The summed E-state index contributed by atoms with van der Waals surface area (Å²) >= 11 is 0. The molecule has 0 atom stereocenters. The Kier molecular flexibility index (Phi) is 1.71. The van der Waals surface area contributed by atoms with Crippen molar-refractivity contribution in [2.75, 3.05) is 7.05 Å². The number of hydrogen-bond acceptors (Lipinski definition) is 2. The largest absolute Gasteiger partial charge is 0.340 e. The van der Waals surface area contributed by atoms with E-state index in [1.54, 1.807) is 26.4 Å². The summed E-state index contributed by atoms with van der Waals surface area (Å²) in [7, 11) is 1.59. The van der Waals surface area contributed by atoms with Crippen molar-refractivity contribution in [3.63, 3.8) is 0 Å². The number of hydrogen-bond donors (Lipinski definition) is 1. The van der Waals surface area contributed by atoms with Gasteiger partial charge in [-0.1, -0.05) is 0 Å². The zero-order valence-electron chi connectivity index (χ0n) is 5.96. The second-order valence-electron chi connectivity index (χ2n) is 1.90. The Hall–Kier alpha value is -1.32. The molecule has 0 saturated carbocycles. The first kappa shape index (κ1) is 6.80. The van der Waals surface area contributed by atoms with E-state index in [1.165, 1.54) is 4.57 Å². The third-order valence-corrected chi connectivity index (χ3v) is 1.26. The van der Waals surface area contributed by atoms with Gasteiger partial charge in [-0.15, -0.1) is 0 Å². The van der Waals surface area contributed by atoms with Crippen molar-refractivity contribution in [2.45, 2.75) is 6.92 Å². The molecule has 0 bridgehead atoms. The van der Waals surface area contributed by atoms with Crippen LogP contribution in [0.2, 0.25) is 0 Å². The Morgan fingerprint density at radius 1 is 1.80 bits per heavy atom. The van der Waals surface area contributed by atoms with Gasteiger partial charge >= 0.3 is 6.03 Å². The predicted molar refractivity (Wildman–Crippen MR) is 36.8 cm³/mol. The third-order valence-electron chi connectivity index (χ3n) is 1.26. The summed E-state index contributed by atoms with van der Waals surface area (Å²) < 4.78 is 1.44. The van der Waals surface area contributed by atoms with Crippen LogP contribution in [0.1, 0.15) is 5.82 Å². The number of nitrogens with zero attached hydrogens (tertiary/aromatic N) is 2. The minimum atomic E-state index is -0.157. The highest BCUT2D eigenvalue weighted by Gasteiger charge is 2.02. The average Bonchev–Trinajstić information content (AvgIpc) is 2.34. The van der Waals surface area contributed by atoms with Crippen LogP contribution in [-0.2, 0) is 0 Å². The molecule has 0 radical (unpaired) electrons. The lowest BCUT2D eigenvalue weighted by Gasteiger charge is -1.99. The fourth-order valence-electron chi connectivity index (χ4n) is 0.713. The smallest absolute Gasteiger partial charge is 0.326 e. The van der Waals surface area contributed by atoms with Gasteiger partial charge < -0.3 is 5.32 Å². The second-order valence-corrected chi connectivity index (χ2v) is 1.90. The first-order valence-electron chi connectivity index (χ1n) is 2.97. The highest BCUT2D eigenvalue weighted by molar-refractivity contribution is 5.76. The number of imidazole rings is 1. The highest BCUT2D eigenvalue weighted by Crippen LogP contribution is 1.92. The summed E-state index contributed by atoms with van der Waals surface area (Å²) in [4.78, 5) is 14.8. The second kappa shape index (κ2) is 2.51. The Morgan fingerprint density at radius 3 is 2.90 bits per heavy atom. The molecule has 0 aromatic carbocycles.